The van der Waals surface area contributed by atoms with Crippen LogP contribution >= 0.6 is 0 Å². The SMILES string of the molecule is NC1(C(=O)N2CCNC(=O)C2)CCOCC1. The maximum absolute atomic E-state index is 12.2. The van der Waals surface area contributed by atoms with Gasteiger partial charge in [-0.1, -0.05) is 0 Å². The molecule has 2 fully saturated rings. The van der Waals surface area contributed by atoms with E-state index in [4.69, 9.17) is 10.5 Å². The van der Waals surface area contributed by atoms with E-state index >= 15 is 0 Å². The van der Waals surface area contributed by atoms with E-state index in [9.17, 15) is 9.59 Å². The third-order valence-corrected chi connectivity index (χ3v) is 3.14. The molecule has 6 heteroatoms. The van der Waals surface area contributed by atoms with Gasteiger partial charge >= 0.3 is 0 Å². The van der Waals surface area contributed by atoms with Crippen LogP contribution in [-0.2, 0) is 14.3 Å². The highest BCUT2D eigenvalue weighted by atomic mass is 16.5. The molecule has 0 aromatic rings. The van der Waals surface area contributed by atoms with E-state index < -0.39 is 5.54 Å². The smallest absolute Gasteiger partial charge is 0.243 e. The van der Waals surface area contributed by atoms with Gasteiger partial charge in [0.2, 0.25) is 11.8 Å². The third kappa shape index (κ3) is 2.17. The van der Waals surface area contributed by atoms with Crippen molar-refractivity contribution in [2.75, 3.05) is 32.8 Å². The van der Waals surface area contributed by atoms with Crippen molar-refractivity contribution in [1.29, 1.82) is 0 Å². The standard InChI is InChI=1S/C10H17N3O3/c11-10(1-5-16-6-2-10)9(15)13-4-3-12-8(14)7-13/h1-7,11H2,(H,12,14). The highest BCUT2D eigenvalue weighted by Gasteiger charge is 2.39. The van der Waals surface area contributed by atoms with Gasteiger partial charge in [0, 0.05) is 26.3 Å². The zero-order chi connectivity index (χ0) is 11.6. The first-order chi connectivity index (χ1) is 7.62. The molecular formula is C10H17N3O3. The summed E-state index contributed by atoms with van der Waals surface area (Å²) in [4.78, 5) is 24.9. The summed E-state index contributed by atoms with van der Waals surface area (Å²) in [6.45, 7) is 2.21. The molecule has 0 aliphatic carbocycles. The zero-order valence-electron chi connectivity index (χ0n) is 9.20. The Kier molecular flexibility index (Phi) is 3.11. The van der Waals surface area contributed by atoms with Gasteiger partial charge in [0.25, 0.3) is 0 Å². The Hall–Kier alpha value is -1.14. The van der Waals surface area contributed by atoms with Gasteiger partial charge < -0.3 is 20.7 Å². The summed E-state index contributed by atoms with van der Waals surface area (Å²) < 4.78 is 5.19. The van der Waals surface area contributed by atoms with E-state index in [1.54, 1.807) is 4.90 Å². The number of rotatable bonds is 1. The van der Waals surface area contributed by atoms with Gasteiger partial charge in [-0.25, -0.2) is 0 Å². The minimum Gasteiger partial charge on any atom is -0.381 e. The molecule has 0 spiro atoms. The fourth-order valence-electron chi connectivity index (χ4n) is 2.08. The van der Waals surface area contributed by atoms with E-state index in [0.717, 1.165) is 0 Å². The minimum atomic E-state index is -0.837. The van der Waals surface area contributed by atoms with Crippen LogP contribution in [0.15, 0.2) is 0 Å². The van der Waals surface area contributed by atoms with Crippen molar-refractivity contribution in [3.05, 3.63) is 0 Å². The molecule has 0 bridgehead atoms. The average molecular weight is 227 g/mol. The van der Waals surface area contributed by atoms with Crippen molar-refractivity contribution in [2.45, 2.75) is 18.4 Å². The Bertz CT molecular complexity index is 300. The van der Waals surface area contributed by atoms with Gasteiger partial charge in [0.1, 0.15) is 0 Å². The van der Waals surface area contributed by atoms with Crippen molar-refractivity contribution in [2.24, 2.45) is 5.73 Å². The van der Waals surface area contributed by atoms with Crippen molar-refractivity contribution in [3.63, 3.8) is 0 Å². The van der Waals surface area contributed by atoms with Crippen molar-refractivity contribution >= 4 is 11.8 Å². The minimum absolute atomic E-state index is 0.116. The van der Waals surface area contributed by atoms with Crippen molar-refractivity contribution in [3.8, 4) is 0 Å². The van der Waals surface area contributed by atoms with Crippen LogP contribution in [0.1, 0.15) is 12.8 Å². The maximum Gasteiger partial charge on any atom is 0.243 e. The molecule has 2 aliphatic rings. The summed E-state index contributed by atoms with van der Waals surface area (Å²) in [5.74, 6) is -0.235. The fourth-order valence-corrected chi connectivity index (χ4v) is 2.08. The largest absolute Gasteiger partial charge is 0.381 e. The predicted octanol–water partition coefficient (Wildman–Crippen LogP) is -1.55. The van der Waals surface area contributed by atoms with Gasteiger partial charge in [-0.3, -0.25) is 9.59 Å². The highest BCUT2D eigenvalue weighted by Crippen LogP contribution is 2.20. The highest BCUT2D eigenvalue weighted by molar-refractivity contribution is 5.91. The molecule has 0 unspecified atom stereocenters. The lowest BCUT2D eigenvalue weighted by atomic mass is 9.89. The summed E-state index contributed by atoms with van der Waals surface area (Å²) in [5.41, 5.74) is 5.24. The molecule has 16 heavy (non-hydrogen) atoms. The van der Waals surface area contributed by atoms with Crippen LogP contribution in [0.5, 0.6) is 0 Å². The molecule has 2 amide bonds. The molecular weight excluding hydrogens is 210 g/mol. The summed E-state index contributed by atoms with van der Waals surface area (Å²) in [7, 11) is 0. The molecule has 3 N–H and O–H groups in total. The third-order valence-electron chi connectivity index (χ3n) is 3.14. The number of nitrogens with one attached hydrogen (secondary N) is 1. The first-order valence-corrected chi connectivity index (χ1v) is 5.54. The van der Waals surface area contributed by atoms with E-state index in [2.05, 4.69) is 5.32 Å². The second kappa shape index (κ2) is 4.39. The predicted molar refractivity (Wildman–Crippen MR) is 56.6 cm³/mol. The topological polar surface area (TPSA) is 84.7 Å². The second-order valence-corrected chi connectivity index (χ2v) is 4.35. The molecule has 2 heterocycles. The quantitative estimate of drug-likeness (QED) is 0.568. The molecule has 2 aliphatic heterocycles. The Morgan fingerprint density at radius 1 is 1.44 bits per heavy atom. The molecule has 0 aromatic carbocycles. The number of amides is 2. The van der Waals surface area contributed by atoms with Gasteiger partial charge in [0.15, 0.2) is 0 Å². The molecule has 2 rings (SSSR count). The summed E-state index contributed by atoms with van der Waals surface area (Å²) >= 11 is 0. The molecule has 0 radical (unpaired) electrons. The lowest BCUT2D eigenvalue weighted by Crippen LogP contribution is -2.61. The number of carbonyl (C=O) groups is 2. The maximum atomic E-state index is 12.2. The van der Waals surface area contributed by atoms with Crippen LogP contribution in [0.3, 0.4) is 0 Å². The first-order valence-electron chi connectivity index (χ1n) is 5.54. The molecule has 0 saturated carbocycles. The number of hydrogen-bond acceptors (Lipinski definition) is 4. The van der Waals surface area contributed by atoms with E-state index in [0.29, 0.717) is 39.1 Å². The number of carbonyl (C=O) groups excluding carboxylic acids is 2. The Morgan fingerprint density at radius 2 is 2.12 bits per heavy atom. The molecule has 0 atom stereocenters. The summed E-state index contributed by atoms with van der Waals surface area (Å²) in [6.07, 6.45) is 1.06. The van der Waals surface area contributed by atoms with Gasteiger partial charge in [-0.15, -0.1) is 0 Å². The number of nitrogens with two attached hydrogens (primary N) is 1. The Labute approximate surface area is 94.1 Å². The Balaban J connectivity index is 2.02. The second-order valence-electron chi connectivity index (χ2n) is 4.35. The van der Waals surface area contributed by atoms with E-state index in [1.165, 1.54) is 0 Å². The average Bonchev–Trinajstić information content (AvgIpc) is 2.29. The summed E-state index contributed by atoms with van der Waals surface area (Å²) in [5, 5.41) is 2.68. The van der Waals surface area contributed by atoms with Crippen molar-refractivity contribution in [1.82, 2.24) is 10.2 Å². The number of piperazine rings is 1. The summed E-state index contributed by atoms with van der Waals surface area (Å²) in [6, 6.07) is 0. The Morgan fingerprint density at radius 3 is 2.75 bits per heavy atom. The van der Waals surface area contributed by atoms with Crippen molar-refractivity contribution < 1.29 is 14.3 Å². The van der Waals surface area contributed by atoms with Crippen LogP contribution in [0.25, 0.3) is 0 Å². The fraction of sp³-hybridized carbons (Fsp3) is 0.800. The molecule has 2 saturated heterocycles. The van der Waals surface area contributed by atoms with Crippen LogP contribution in [-0.4, -0.2) is 55.1 Å². The van der Waals surface area contributed by atoms with Gasteiger partial charge in [-0.2, -0.15) is 0 Å². The zero-order valence-corrected chi connectivity index (χ0v) is 9.20. The first kappa shape index (κ1) is 11.3. The van der Waals surface area contributed by atoms with Crippen LogP contribution in [0.2, 0.25) is 0 Å². The molecule has 90 valence electrons. The monoisotopic (exact) mass is 227 g/mol. The normalized spacial score (nSPS) is 25.1. The van der Waals surface area contributed by atoms with E-state index in [-0.39, 0.29) is 18.4 Å². The number of hydrogen-bond donors (Lipinski definition) is 2. The number of nitrogens with zero attached hydrogens (tertiary/aromatic N) is 1. The van der Waals surface area contributed by atoms with Crippen LogP contribution < -0.4 is 11.1 Å². The van der Waals surface area contributed by atoms with Crippen LogP contribution in [0.4, 0.5) is 0 Å². The van der Waals surface area contributed by atoms with Gasteiger partial charge in [0.05, 0.1) is 12.1 Å². The van der Waals surface area contributed by atoms with E-state index in [1.807, 2.05) is 0 Å². The van der Waals surface area contributed by atoms with Crippen LogP contribution in [0, 0.1) is 0 Å². The molecule has 0 aromatic heterocycles. The lowest BCUT2D eigenvalue weighted by Gasteiger charge is -2.37. The number of ether oxygens (including phenoxy) is 1. The van der Waals surface area contributed by atoms with Gasteiger partial charge in [-0.05, 0) is 12.8 Å². The lowest BCUT2D eigenvalue weighted by molar-refractivity contribution is -0.145. The molecule has 6 nitrogen and oxygen atoms in total.